The molecule has 0 unspecified atom stereocenters. The number of rotatable bonds is 4. The summed E-state index contributed by atoms with van der Waals surface area (Å²) in [5, 5.41) is 2.41. The molecule has 86 valence electrons. The zero-order valence-corrected chi connectivity index (χ0v) is 8.39. The number of ether oxygens (including phenoxy) is 1. The molecule has 1 saturated carbocycles. The molecule has 1 aliphatic rings. The SMILES string of the molecule is COC(=O)CCNC(=O)C1CC(F)(F)C1. The third kappa shape index (κ3) is 3.45. The van der Waals surface area contributed by atoms with E-state index in [4.69, 9.17) is 0 Å². The maximum atomic E-state index is 12.4. The molecule has 0 heterocycles. The van der Waals surface area contributed by atoms with E-state index in [9.17, 15) is 18.4 Å². The summed E-state index contributed by atoms with van der Waals surface area (Å²) in [7, 11) is 1.25. The van der Waals surface area contributed by atoms with Crippen molar-refractivity contribution in [1.82, 2.24) is 5.32 Å². The van der Waals surface area contributed by atoms with Crippen molar-refractivity contribution in [2.45, 2.75) is 25.2 Å². The van der Waals surface area contributed by atoms with Crippen molar-refractivity contribution < 1.29 is 23.1 Å². The predicted octanol–water partition coefficient (Wildman–Crippen LogP) is 0.711. The van der Waals surface area contributed by atoms with Crippen LogP contribution in [0.4, 0.5) is 8.78 Å². The molecule has 0 aliphatic heterocycles. The summed E-state index contributed by atoms with van der Waals surface area (Å²) < 4.78 is 29.2. The minimum atomic E-state index is -2.69. The number of hydrogen-bond acceptors (Lipinski definition) is 3. The van der Waals surface area contributed by atoms with Crippen LogP contribution in [0.5, 0.6) is 0 Å². The van der Waals surface area contributed by atoms with Crippen molar-refractivity contribution in [3.63, 3.8) is 0 Å². The fourth-order valence-electron chi connectivity index (χ4n) is 1.38. The van der Waals surface area contributed by atoms with Crippen LogP contribution in [0.3, 0.4) is 0 Å². The summed E-state index contributed by atoms with van der Waals surface area (Å²) in [6.07, 6.45) is -0.723. The molecular weight excluding hydrogens is 208 g/mol. The number of halogens is 2. The van der Waals surface area contributed by atoms with Crippen LogP contribution in [-0.2, 0) is 14.3 Å². The maximum Gasteiger partial charge on any atom is 0.307 e. The van der Waals surface area contributed by atoms with Crippen LogP contribution < -0.4 is 5.32 Å². The fraction of sp³-hybridized carbons (Fsp3) is 0.778. The Morgan fingerprint density at radius 3 is 2.53 bits per heavy atom. The molecule has 0 radical (unpaired) electrons. The minimum absolute atomic E-state index is 0.0609. The Morgan fingerprint density at radius 1 is 1.47 bits per heavy atom. The van der Waals surface area contributed by atoms with E-state index in [1.165, 1.54) is 7.11 Å². The first-order chi connectivity index (χ1) is 6.94. The molecule has 1 N–H and O–H groups in total. The van der Waals surface area contributed by atoms with E-state index < -0.39 is 36.6 Å². The highest BCUT2D eigenvalue weighted by Gasteiger charge is 2.48. The van der Waals surface area contributed by atoms with Gasteiger partial charge in [-0.2, -0.15) is 0 Å². The number of nitrogens with one attached hydrogen (secondary N) is 1. The predicted molar refractivity (Wildman–Crippen MR) is 47.3 cm³/mol. The highest BCUT2D eigenvalue weighted by atomic mass is 19.3. The van der Waals surface area contributed by atoms with Crippen molar-refractivity contribution in [2.24, 2.45) is 5.92 Å². The van der Waals surface area contributed by atoms with Gasteiger partial charge in [-0.25, -0.2) is 8.78 Å². The van der Waals surface area contributed by atoms with E-state index in [0.29, 0.717) is 0 Å². The molecule has 4 nitrogen and oxygen atoms in total. The summed E-state index contributed by atoms with van der Waals surface area (Å²) in [6.45, 7) is 0.133. The largest absolute Gasteiger partial charge is 0.469 e. The molecule has 1 amide bonds. The van der Waals surface area contributed by atoms with Crippen LogP contribution in [-0.4, -0.2) is 31.5 Å². The molecule has 15 heavy (non-hydrogen) atoms. The van der Waals surface area contributed by atoms with E-state index >= 15 is 0 Å². The number of esters is 1. The quantitative estimate of drug-likeness (QED) is 0.711. The molecule has 6 heteroatoms. The second kappa shape index (κ2) is 4.55. The van der Waals surface area contributed by atoms with Gasteiger partial charge in [0.25, 0.3) is 0 Å². The van der Waals surface area contributed by atoms with E-state index in [2.05, 4.69) is 10.1 Å². The van der Waals surface area contributed by atoms with Gasteiger partial charge >= 0.3 is 5.97 Å². The third-order valence-corrected chi connectivity index (χ3v) is 2.32. The summed E-state index contributed by atoms with van der Waals surface area (Å²) in [4.78, 5) is 21.8. The normalized spacial score (nSPS) is 19.1. The zero-order valence-electron chi connectivity index (χ0n) is 8.39. The highest BCUT2D eigenvalue weighted by molar-refractivity contribution is 5.80. The topological polar surface area (TPSA) is 55.4 Å². The molecule has 0 saturated heterocycles. The standard InChI is InChI=1S/C9H13F2NO3/c1-15-7(13)2-3-12-8(14)6-4-9(10,11)5-6/h6H,2-5H2,1H3,(H,12,14). The molecule has 0 aromatic rings. The zero-order chi connectivity index (χ0) is 11.5. The van der Waals surface area contributed by atoms with Crippen LogP contribution in [0.2, 0.25) is 0 Å². The van der Waals surface area contributed by atoms with Crippen LogP contribution in [0.1, 0.15) is 19.3 Å². The van der Waals surface area contributed by atoms with Gasteiger partial charge in [-0.05, 0) is 0 Å². The van der Waals surface area contributed by atoms with Crippen LogP contribution in [0.25, 0.3) is 0 Å². The van der Waals surface area contributed by atoms with Gasteiger partial charge in [0, 0.05) is 25.3 Å². The van der Waals surface area contributed by atoms with Crippen molar-refractivity contribution >= 4 is 11.9 Å². The van der Waals surface area contributed by atoms with Gasteiger partial charge in [0.1, 0.15) is 0 Å². The molecule has 0 spiro atoms. The number of alkyl halides is 2. The van der Waals surface area contributed by atoms with E-state index in [1.807, 2.05) is 0 Å². The number of carbonyl (C=O) groups is 2. The Balaban J connectivity index is 2.13. The number of carbonyl (C=O) groups excluding carboxylic acids is 2. The van der Waals surface area contributed by atoms with Crippen molar-refractivity contribution in [3.8, 4) is 0 Å². The second-order valence-electron chi connectivity index (χ2n) is 3.58. The van der Waals surface area contributed by atoms with Gasteiger partial charge < -0.3 is 10.1 Å². The van der Waals surface area contributed by atoms with Crippen molar-refractivity contribution in [2.75, 3.05) is 13.7 Å². The molecule has 1 aliphatic carbocycles. The number of methoxy groups -OCH3 is 1. The molecule has 0 aromatic carbocycles. The van der Waals surface area contributed by atoms with Crippen LogP contribution >= 0.6 is 0 Å². The Hall–Kier alpha value is -1.20. The van der Waals surface area contributed by atoms with Gasteiger partial charge in [-0.15, -0.1) is 0 Å². The summed E-state index contributed by atoms with van der Waals surface area (Å²) in [6, 6.07) is 0. The second-order valence-corrected chi connectivity index (χ2v) is 3.58. The Kier molecular flexibility index (Phi) is 3.60. The molecule has 0 aromatic heterocycles. The fourth-order valence-corrected chi connectivity index (χ4v) is 1.38. The van der Waals surface area contributed by atoms with Crippen molar-refractivity contribution in [3.05, 3.63) is 0 Å². The van der Waals surface area contributed by atoms with Gasteiger partial charge in [0.15, 0.2) is 0 Å². The molecule has 1 rings (SSSR count). The molecule has 0 bridgehead atoms. The maximum absolute atomic E-state index is 12.4. The Bertz CT molecular complexity index is 260. The lowest BCUT2D eigenvalue weighted by Gasteiger charge is -2.33. The minimum Gasteiger partial charge on any atom is -0.469 e. The average Bonchev–Trinajstić information content (AvgIpc) is 2.13. The van der Waals surface area contributed by atoms with Crippen LogP contribution in [0, 0.1) is 5.92 Å². The third-order valence-electron chi connectivity index (χ3n) is 2.32. The smallest absolute Gasteiger partial charge is 0.307 e. The Morgan fingerprint density at radius 2 is 2.07 bits per heavy atom. The highest BCUT2D eigenvalue weighted by Crippen LogP contribution is 2.42. The van der Waals surface area contributed by atoms with Crippen molar-refractivity contribution in [1.29, 1.82) is 0 Å². The molecular formula is C9H13F2NO3. The van der Waals surface area contributed by atoms with Gasteiger partial charge in [-0.3, -0.25) is 9.59 Å². The summed E-state index contributed by atoms with van der Waals surface area (Å²) in [5.74, 6) is -4.15. The Labute approximate surface area is 86.0 Å². The first-order valence-corrected chi connectivity index (χ1v) is 4.67. The monoisotopic (exact) mass is 221 g/mol. The van der Waals surface area contributed by atoms with Gasteiger partial charge in [0.2, 0.25) is 11.8 Å². The molecule has 1 fully saturated rings. The lowest BCUT2D eigenvalue weighted by atomic mass is 9.81. The number of hydrogen-bond donors (Lipinski definition) is 1. The number of amides is 1. The van der Waals surface area contributed by atoms with Gasteiger partial charge in [-0.1, -0.05) is 0 Å². The lowest BCUT2D eigenvalue weighted by molar-refractivity contribution is -0.150. The van der Waals surface area contributed by atoms with Crippen LogP contribution in [0.15, 0.2) is 0 Å². The lowest BCUT2D eigenvalue weighted by Crippen LogP contribution is -2.45. The summed E-state index contributed by atoms with van der Waals surface area (Å²) >= 11 is 0. The average molecular weight is 221 g/mol. The summed E-state index contributed by atoms with van der Waals surface area (Å²) in [5.41, 5.74) is 0. The molecule has 0 atom stereocenters. The first-order valence-electron chi connectivity index (χ1n) is 4.67. The van der Waals surface area contributed by atoms with Gasteiger partial charge in [0.05, 0.1) is 13.5 Å². The van der Waals surface area contributed by atoms with E-state index in [-0.39, 0.29) is 13.0 Å². The first kappa shape index (κ1) is 11.9. The van der Waals surface area contributed by atoms with E-state index in [1.54, 1.807) is 0 Å². The van der Waals surface area contributed by atoms with E-state index in [0.717, 1.165) is 0 Å².